The van der Waals surface area contributed by atoms with E-state index in [1.165, 1.54) is 7.11 Å². The molecule has 1 rings (SSSR count). The zero-order valence-electron chi connectivity index (χ0n) is 13.3. The molecule has 1 unspecified atom stereocenters. The van der Waals surface area contributed by atoms with E-state index in [4.69, 9.17) is 18.9 Å². The van der Waals surface area contributed by atoms with Crippen LogP contribution in [-0.4, -0.2) is 57.8 Å². The van der Waals surface area contributed by atoms with Crippen molar-refractivity contribution in [1.29, 1.82) is 0 Å². The smallest absolute Gasteiger partial charge is 0.217 e. The van der Waals surface area contributed by atoms with Gasteiger partial charge in [-0.3, -0.25) is 0 Å². The van der Waals surface area contributed by atoms with Gasteiger partial charge in [0.1, 0.15) is 18.9 Å². The predicted octanol–water partition coefficient (Wildman–Crippen LogP) is 3.04. The third-order valence-electron chi connectivity index (χ3n) is 3.64. The first-order valence-electron chi connectivity index (χ1n) is 7.76. The predicted molar refractivity (Wildman–Crippen MR) is 75.9 cm³/mol. The SMILES string of the molecule is CCCCOC[C@H]1O[C@@H](OC)[C@@](F)(CF)C1OCCCC. The van der Waals surface area contributed by atoms with Crippen LogP contribution in [0.3, 0.4) is 0 Å². The molecule has 1 saturated heterocycles. The second kappa shape index (κ2) is 9.66. The summed E-state index contributed by atoms with van der Waals surface area (Å²) in [5.41, 5.74) is -2.28. The van der Waals surface area contributed by atoms with Crippen LogP contribution in [0.5, 0.6) is 0 Å². The van der Waals surface area contributed by atoms with Gasteiger partial charge in [-0.25, -0.2) is 8.78 Å². The van der Waals surface area contributed by atoms with Crippen LogP contribution < -0.4 is 0 Å². The minimum Gasteiger partial charge on any atom is -0.379 e. The lowest BCUT2D eigenvalue weighted by Gasteiger charge is -2.27. The van der Waals surface area contributed by atoms with Gasteiger partial charge >= 0.3 is 0 Å². The van der Waals surface area contributed by atoms with E-state index in [1.807, 2.05) is 6.92 Å². The summed E-state index contributed by atoms with van der Waals surface area (Å²) >= 11 is 0. The maximum absolute atomic E-state index is 14.8. The lowest BCUT2D eigenvalue weighted by Crippen LogP contribution is -2.49. The van der Waals surface area contributed by atoms with Crippen LogP contribution in [0.2, 0.25) is 0 Å². The van der Waals surface area contributed by atoms with Gasteiger partial charge < -0.3 is 18.9 Å². The van der Waals surface area contributed by atoms with Gasteiger partial charge in [0.15, 0.2) is 6.29 Å². The van der Waals surface area contributed by atoms with Crippen molar-refractivity contribution < 1.29 is 27.7 Å². The Morgan fingerprint density at radius 1 is 1.14 bits per heavy atom. The van der Waals surface area contributed by atoms with Gasteiger partial charge in [-0.05, 0) is 12.8 Å². The van der Waals surface area contributed by atoms with E-state index in [1.54, 1.807) is 0 Å². The molecule has 126 valence electrons. The zero-order valence-corrected chi connectivity index (χ0v) is 13.3. The fourth-order valence-electron chi connectivity index (χ4n) is 2.35. The molecule has 0 amide bonds. The van der Waals surface area contributed by atoms with Gasteiger partial charge in [-0.2, -0.15) is 0 Å². The molecule has 0 N–H and O–H groups in total. The largest absolute Gasteiger partial charge is 0.379 e. The van der Waals surface area contributed by atoms with E-state index in [0.717, 1.165) is 25.7 Å². The minimum absolute atomic E-state index is 0.183. The minimum atomic E-state index is -2.28. The van der Waals surface area contributed by atoms with Gasteiger partial charge in [0.05, 0.1) is 6.61 Å². The molecule has 0 aromatic heterocycles. The highest BCUT2D eigenvalue weighted by atomic mass is 19.2. The highest BCUT2D eigenvalue weighted by molar-refractivity contribution is 5.01. The molecule has 0 saturated carbocycles. The van der Waals surface area contributed by atoms with Crippen molar-refractivity contribution >= 4 is 0 Å². The van der Waals surface area contributed by atoms with E-state index in [2.05, 4.69) is 6.92 Å². The van der Waals surface area contributed by atoms with Crippen molar-refractivity contribution in [3.63, 3.8) is 0 Å². The van der Waals surface area contributed by atoms with Crippen molar-refractivity contribution in [3.8, 4) is 0 Å². The summed E-state index contributed by atoms with van der Waals surface area (Å²) in [6.07, 6.45) is 0.749. The van der Waals surface area contributed by atoms with Crippen molar-refractivity contribution in [1.82, 2.24) is 0 Å². The maximum atomic E-state index is 14.8. The van der Waals surface area contributed by atoms with E-state index in [9.17, 15) is 8.78 Å². The highest BCUT2D eigenvalue weighted by Gasteiger charge is 2.59. The van der Waals surface area contributed by atoms with Gasteiger partial charge in [0.2, 0.25) is 5.67 Å². The Bertz CT molecular complexity index is 280. The van der Waals surface area contributed by atoms with Gasteiger partial charge in [0.25, 0.3) is 0 Å². The monoisotopic (exact) mass is 310 g/mol. The number of ether oxygens (including phenoxy) is 4. The molecule has 0 bridgehead atoms. The number of hydrogen-bond donors (Lipinski definition) is 0. The van der Waals surface area contributed by atoms with Crippen LogP contribution in [-0.2, 0) is 18.9 Å². The number of unbranched alkanes of at least 4 members (excludes halogenated alkanes) is 2. The second-order valence-electron chi connectivity index (χ2n) is 5.38. The molecular weight excluding hydrogens is 282 g/mol. The summed E-state index contributed by atoms with van der Waals surface area (Å²) in [6.45, 7) is 4.00. The van der Waals surface area contributed by atoms with Gasteiger partial charge in [-0.1, -0.05) is 26.7 Å². The summed E-state index contributed by atoms with van der Waals surface area (Å²) in [6, 6.07) is 0. The van der Waals surface area contributed by atoms with E-state index >= 15 is 0 Å². The van der Waals surface area contributed by atoms with Crippen molar-refractivity contribution in [2.45, 2.75) is 63.7 Å². The maximum Gasteiger partial charge on any atom is 0.217 e. The first kappa shape index (κ1) is 18.7. The standard InChI is InChI=1S/C15H28F2O4/c1-4-6-8-19-10-12-13(20-9-7-5-2)15(17,11-16)14(18-3)21-12/h12-14H,4-11H2,1-3H3/t12-,13?,14-,15-/m1/s1. The normalized spacial score (nSPS) is 32.7. The fourth-order valence-corrected chi connectivity index (χ4v) is 2.35. The summed E-state index contributed by atoms with van der Waals surface area (Å²) < 4.78 is 49.5. The number of rotatable bonds is 11. The van der Waals surface area contributed by atoms with Crippen molar-refractivity contribution in [2.24, 2.45) is 0 Å². The Labute approximate surface area is 126 Å². The Balaban J connectivity index is 2.64. The Morgan fingerprint density at radius 2 is 1.81 bits per heavy atom. The molecular formula is C15H28F2O4. The first-order chi connectivity index (χ1) is 10.1. The molecule has 21 heavy (non-hydrogen) atoms. The van der Waals surface area contributed by atoms with Crippen LogP contribution in [0.25, 0.3) is 0 Å². The Morgan fingerprint density at radius 3 is 2.38 bits per heavy atom. The molecule has 1 fully saturated rings. The molecule has 0 radical (unpaired) electrons. The third kappa shape index (κ3) is 4.84. The number of alkyl halides is 2. The quantitative estimate of drug-likeness (QED) is 0.550. The molecule has 0 aliphatic carbocycles. The third-order valence-corrected chi connectivity index (χ3v) is 3.64. The zero-order chi connectivity index (χ0) is 15.7. The number of methoxy groups -OCH3 is 1. The van der Waals surface area contributed by atoms with Crippen LogP contribution in [0.1, 0.15) is 39.5 Å². The van der Waals surface area contributed by atoms with E-state index in [-0.39, 0.29) is 6.61 Å². The second-order valence-corrected chi connectivity index (χ2v) is 5.38. The molecule has 4 nitrogen and oxygen atoms in total. The molecule has 6 heteroatoms. The van der Waals surface area contributed by atoms with Crippen LogP contribution in [0.4, 0.5) is 8.78 Å². The molecule has 1 aliphatic heterocycles. The number of halogens is 2. The molecule has 4 atom stereocenters. The highest BCUT2D eigenvalue weighted by Crippen LogP contribution is 2.38. The van der Waals surface area contributed by atoms with Gasteiger partial charge in [0, 0.05) is 20.3 Å². The van der Waals surface area contributed by atoms with Crippen LogP contribution in [0, 0.1) is 0 Å². The lowest BCUT2D eigenvalue weighted by molar-refractivity contribution is -0.174. The first-order valence-corrected chi connectivity index (χ1v) is 7.76. The van der Waals surface area contributed by atoms with Gasteiger partial charge in [-0.15, -0.1) is 0 Å². The summed E-state index contributed by atoms with van der Waals surface area (Å²) in [5, 5.41) is 0. The summed E-state index contributed by atoms with van der Waals surface area (Å²) in [7, 11) is 1.30. The molecule has 1 aliphatic rings. The fraction of sp³-hybridized carbons (Fsp3) is 1.00. The topological polar surface area (TPSA) is 36.9 Å². The average molecular weight is 310 g/mol. The Hall–Kier alpha value is -0.300. The molecule has 0 aromatic rings. The molecule has 1 heterocycles. The molecule has 0 aromatic carbocycles. The van der Waals surface area contributed by atoms with Crippen LogP contribution >= 0.6 is 0 Å². The number of hydrogen-bond acceptors (Lipinski definition) is 4. The summed E-state index contributed by atoms with van der Waals surface area (Å²) in [4.78, 5) is 0. The summed E-state index contributed by atoms with van der Waals surface area (Å²) in [5.74, 6) is 0. The van der Waals surface area contributed by atoms with Crippen LogP contribution in [0.15, 0.2) is 0 Å². The van der Waals surface area contributed by atoms with E-state index in [0.29, 0.717) is 13.2 Å². The van der Waals surface area contributed by atoms with Crippen molar-refractivity contribution in [3.05, 3.63) is 0 Å². The Kier molecular flexibility index (Phi) is 8.63. The van der Waals surface area contributed by atoms with E-state index < -0.39 is 30.8 Å². The lowest BCUT2D eigenvalue weighted by atomic mass is 9.98. The average Bonchev–Trinajstić information content (AvgIpc) is 2.77. The molecule has 0 spiro atoms. The van der Waals surface area contributed by atoms with Crippen molar-refractivity contribution in [2.75, 3.05) is 33.6 Å².